The second-order valence-corrected chi connectivity index (χ2v) is 3.58. The third kappa shape index (κ3) is 4.81. The van der Waals surface area contributed by atoms with Crippen molar-refractivity contribution >= 4 is 0 Å². The van der Waals surface area contributed by atoms with Crippen molar-refractivity contribution in [2.24, 2.45) is 5.73 Å². The molecule has 3 heteroatoms. The average Bonchev–Trinajstić information content (AvgIpc) is 2.18. The summed E-state index contributed by atoms with van der Waals surface area (Å²) in [6, 6.07) is 8.12. The van der Waals surface area contributed by atoms with E-state index in [1.54, 1.807) is 0 Å². The molecular formula is C12H19NO2. The first-order chi connectivity index (χ1) is 7.22. The van der Waals surface area contributed by atoms with Gasteiger partial charge in [0.1, 0.15) is 5.75 Å². The molecule has 0 fully saturated rings. The largest absolute Gasteiger partial charge is 0.468 e. The van der Waals surface area contributed by atoms with E-state index < -0.39 is 0 Å². The summed E-state index contributed by atoms with van der Waals surface area (Å²) >= 11 is 0. The highest BCUT2D eigenvalue weighted by Crippen LogP contribution is 2.14. The molecule has 1 aromatic rings. The first kappa shape index (κ1) is 12.0. The highest BCUT2D eigenvalue weighted by molar-refractivity contribution is 5.28. The summed E-state index contributed by atoms with van der Waals surface area (Å²) in [6.45, 7) is 4.90. The molecule has 1 atom stereocenters. The molecule has 15 heavy (non-hydrogen) atoms. The van der Waals surface area contributed by atoms with Crippen LogP contribution in [0.3, 0.4) is 0 Å². The zero-order valence-electron chi connectivity index (χ0n) is 9.40. The van der Waals surface area contributed by atoms with Gasteiger partial charge in [-0.15, -0.1) is 0 Å². The van der Waals surface area contributed by atoms with Crippen LogP contribution in [0.25, 0.3) is 0 Å². The fourth-order valence-corrected chi connectivity index (χ4v) is 1.33. The van der Waals surface area contributed by atoms with Gasteiger partial charge in [0.25, 0.3) is 0 Å². The minimum Gasteiger partial charge on any atom is -0.468 e. The van der Waals surface area contributed by atoms with Crippen molar-refractivity contribution in [2.75, 3.05) is 13.4 Å². The van der Waals surface area contributed by atoms with E-state index in [0.717, 1.165) is 12.2 Å². The first-order valence-corrected chi connectivity index (χ1v) is 5.27. The summed E-state index contributed by atoms with van der Waals surface area (Å²) < 4.78 is 10.5. The van der Waals surface area contributed by atoms with Gasteiger partial charge in [0.15, 0.2) is 6.79 Å². The molecular weight excluding hydrogens is 190 g/mol. The van der Waals surface area contributed by atoms with Crippen molar-refractivity contribution < 1.29 is 9.47 Å². The Morgan fingerprint density at radius 2 is 2.20 bits per heavy atom. The maximum Gasteiger partial charge on any atom is 0.189 e. The van der Waals surface area contributed by atoms with Gasteiger partial charge in [0.2, 0.25) is 0 Å². The minimum atomic E-state index is 0.173. The van der Waals surface area contributed by atoms with Crippen LogP contribution in [0.15, 0.2) is 24.3 Å². The topological polar surface area (TPSA) is 44.5 Å². The van der Waals surface area contributed by atoms with Crippen molar-refractivity contribution in [1.82, 2.24) is 0 Å². The van der Waals surface area contributed by atoms with Crippen LogP contribution < -0.4 is 10.5 Å². The summed E-state index contributed by atoms with van der Waals surface area (Å²) in [5.74, 6) is 0.835. The molecule has 0 saturated carbocycles. The molecule has 0 bridgehead atoms. The predicted octanol–water partition coefficient (Wildman–Crippen LogP) is 1.95. The number of benzene rings is 1. The van der Waals surface area contributed by atoms with Gasteiger partial charge in [-0.1, -0.05) is 12.1 Å². The Labute approximate surface area is 91.2 Å². The Bertz CT molecular complexity index is 287. The number of rotatable bonds is 6. The molecule has 0 aliphatic heterocycles. The molecule has 3 nitrogen and oxygen atoms in total. The van der Waals surface area contributed by atoms with Gasteiger partial charge in [-0.3, -0.25) is 0 Å². The zero-order chi connectivity index (χ0) is 11.1. The Morgan fingerprint density at radius 1 is 1.40 bits per heavy atom. The standard InChI is InChI=1S/C12H19NO2/c1-3-14-9-15-12-6-4-5-11(8-12)7-10(2)13/h4-6,8,10H,3,7,9,13H2,1-2H3. The Morgan fingerprint density at radius 3 is 2.87 bits per heavy atom. The van der Waals surface area contributed by atoms with E-state index >= 15 is 0 Å². The maximum absolute atomic E-state index is 5.73. The lowest BCUT2D eigenvalue weighted by Crippen LogP contribution is -2.17. The minimum absolute atomic E-state index is 0.173. The lowest BCUT2D eigenvalue weighted by atomic mass is 10.1. The lowest BCUT2D eigenvalue weighted by molar-refractivity contribution is 0.0224. The average molecular weight is 209 g/mol. The smallest absolute Gasteiger partial charge is 0.189 e. The first-order valence-electron chi connectivity index (χ1n) is 5.27. The summed E-state index contributed by atoms with van der Waals surface area (Å²) in [4.78, 5) is 0. The summed E-state index contributed by atoms with van der Waals surface area (Å²) in [6.07, 6.45) is 0.867. The number of hydrogen-bond acceptors (Lipinski definition) is 3. The highest BCUT2D eigenvalue weighted by atomic mass is 16.7. The van der Waals surface area contributed by atoms with Gasteiger partial charge in [-0.25, -0.2) is 0 Å². The van der Waals surface area contributed by atoms with Crippen molar-refractivity contribution in [3.63, 3.8) is 0 Å². The molecule has 0 amide bonds. The molecule has 1 rings (SSSR count). The van der Waals surface area contributed by atoms with Gasteiger partial charge >= 0.3 is 0 Å². The van der Waals surface area contributed by atoms with Crippen LogP contribution in [0.2, 0.25) is 0 Å². The molecule has 0 spiro atoms. The van der Waals surface area contributed by atoms with Crippen molar-refractivity contribution in [3.05, 3.63) is 29.8 Å². The lowest BCUT2D eigenvalue weighted by Gasteiger charge is -2.09. The van der Waals surface area contributed by atoms with E-state index in [1.165, 1.54) is 5.56 Å². The molecule has 0 aliphatic rings. The Hall–Kier alpha value is -1.06. The van der Waals surface area contributed by atoms with Crippen LogP contribution in [0.5, 0.6) is 5.75 Å². The van der Waals surface area contributed by atoms with Crippen molar-refractivity contribution in [3.8, 4) is 5.75 Å². The van der Waals surface area contributed by atoms with Gasteiger partial charge in [-0.2, -0.15) is 0 Å². The molecule has 1 aromatic carbocycles. The predicted molar refractivity (Wildman–Crippen MR) is 60.9 cm³/mol. The monoisotopic (exact) mass is 209 g/mol. The van der Waals surface area contributed by atoms with Crippen LogP contribution in [-0.4, -0.2) is 19.4 Å². The van der Waals surface area contributed by atoms with Gasteiger partial charge < -0.3 is 15.2 Å². The third-order valence-corrected chi connectivity index (χ3v) is 1.97. The van der Waals surface area contributed by atoms with E-state index in [9.17, 15) is 0 Å². The van der Waals surface area contributed by atoms with E-state index in [2.05, 4.69) is 6.07 Å². The molecule has 0 aliphatic carbocycles. The summed E-state index contributed by atoms with van der Waals surface area (Å²) in [7, 11) is 0. The molecule has 0 saturated heterocycles. The van der Waals surface area contributed by atoms with Crippen LogP contribution in [-0.2, 0) is 11.2 Å². The summed E-state index contributed by atoms with van der Waals surface area (Å²) in [5, 5.41) is 0. The quantitative estimate of drug-likeness (QED) is 0.575. The van der Waals surface area contributed by atoms with Crippen LogP contribution in [0.1, 0.15) is 19.4 Å². The normalized spacial score (nSPS) is 12.5. The maximum atomic E-state index is 5.73. The van der Waals surface area contributed by atoms with Crippen molar-refractivity contribution in [1.29, 1.82) is 0 Å². The molecule has 2 N–H and O–H groups in total. The van der Waals surface area contributed by atoms with Gasteiger partial charge in [0, 0.05) is 12.6 Å². The second-order valence-electron chi connectivity index (χ2n) is 3.58. The fourth-order valence-electron chi connectivity index (χ4n) is 1.33. The molecule has 0 radical (unpaired) electrons. The van der Waals surface area contributed by atoms with Gasteiger partial charge in [-0.05, 0) is 38.0 Å². The van der Waals surface area contributed by atoms with E-state index in [0.29, 0.717) is 13.4 Å². The second kappa shape index (κ2) is 6.43. The Balaban J connectivity index is 2.50. The highest BCUT2D eigenvalue weighted by Gasteiger charge is 1.99. The molecule has 84 valence electrons. The van der Waals surface area contributed by atoms with Gasteiger partial charge in [0.05, 0.1) is 0 Å². The van der Waals surface area contributed by atoms with Crippen molar-refractivity contribution in [2.45, 2.75) is 26.3 Å². The van der Waals surface area contributed by atoms with Crippen LogP contribution in [0.4, 0.5) is 0 Å². The van der Waals surface area contributed by atoms with E-state index in [1.807, 2.05) is 32.0 Å². The molecule has 1 unspecified atom stereocenters. The third-order valence-electron chi connectivity index (χ3n) is 1.97. The van der Waals surface area contributed by atoms with E-state index in [-0.39, 0.29) is 6.04 Å². The number of ether oxygens (including phenoxy) is 2. The zero-order valence-corrected chi connectivity index (χ0v) is 9.40. The fraction of sp³-hybridized carbons (Fsp3) is 0.500. The summed E-state index contributed by atoms with van der Waals surface area (Å²) in [5.41, 5.74) is 6.92. The number of nitrogens with two attached hydrogens (primary N) is 1. The molecule has 0 heterocycles. The number of hydrogen-bond donors (Lipinski definition) is 1. The Kier molecular flexibility index (Phi) is 5.15. The SMILES string of the molecule is CCOCOc1cccc(CC(C)N)c1. The van der Waals surface area contributed by atoms with Crippen LogP contribution >= 0.6 is 0 Å². The van der Waals surface area contributed by atoms with E-state index in [4.69, 9.17) is 15.2 Å². The van der Waals surface area contributed by atoms with Crippen LogP contribution in [0, 0.1) is 0 Å². The molecule has 0 aromatic heterocycles.